The van der Waals surface area contributed by atoms with Crippen molar-refractivity contribution in [3.63, 3.8) is 0 Å². The van der Waals surface area contributed by atoms with Crippen LogP contribution in [-0.4, -0.2) is 28.8 Å². The summed E-state index contributed by atoms with van der Waals surface area (Å²) >= 11 is 0. The first-order chi connectivity index (χ1) is 8.09. The predicted octanol–water partition coefficient (Wildman–Crippen LogP) is 1.75. The largest absolute Gasteiger partial charge is 0.506 e. The highest BCUT2D eigenvalue weighted by atomic mass is 16.5. The Labute approximate surface area is 102 Å². The van der Waals surface area contributed by atoms with Crippen LogP contribution in [0.3, 0.4) is 0 Å². The van der Waals surface area contributed by atoms with Gasteiger partial charge in [0.1, 0.15) is 5.75 Å². The van der Waals surface area contributed by atoms with Gasteiger partial charge in [0.05, 0.1) is 11.3 Å². The Morgan fingerprint density at radius 3 is 3.06 bits per heavy atom. The number of hydrogen-bond donors (Lipinski definition) is 2. The third kappa shape index (κ3) is 3.17. The van der Waals surface area contributed by atoms with Gasteiger partial charge in [0, 0.05) is 25.4 Å². The summed E-state index contributed by atoms with van der Waals surface area (Å²) in [7, 11) is 0. The fraction of sp³-hybridized carbons (Fsp3) is 0.615. The first-order valence-electron chi connectivity index (χ1n) is 6.09. The summed E-state index contributed by atoms with van der Waals surface area (Å²) in [6.07, 6.45) is 2.22. The molecule has 94 valence electrons. The zero-order valence-electron chi connectivity index (χ0n) is 10.5. The van der Waals surface area contributed by atoms with E-state index in [0.717, 1.165) is 31.7 Å². The second-order valence-electron chi connectivity index (χ2n) is 4.92. The summed E-state index contributed by atoms with van der Waals surface area (Å²) in [5, 5.41) is 13.0. The molecule has 4 nitrogen and oxygen atoms in total. The lowest BCUT2D eigenvalue weighted by Crippen LogP contribution is -2.36. The van der Waals surface area contributed by atoms with Gasteiger partial charge in [-0.05, 0) is 38.8 Å². The van der Waals surface area contributed by atoms with Gasteiger partial charge in [-0.25, -0.2) is 0 Å². The summed E-state index contributed by atoms with van der Waals surface area (Å²) in [4.78, 5) is 4.31. The van der Waals surface area contributed by atoms with Crippen LogP contribution in [0.2, 0.25) is 0 Å². The van der Waals surface area contributed by atoms with Crippen LogP contribution >= 0.6 is 0 Å². The Bertz CT molecular complexity index is 387. The standard InChI is InChI=1S/C13H20N2O2/c1-10-4-5-12(16)11(15-10)8-14-9-13(2)6-3-7-17-13/h4-5,14,16H,3,6-9H2,1-2H3. The normalized spacial score (nSPS) is 24.1. The Kier molecular flexibility index (Phi) is 3.64. The van der Waals surface area contributed by atoms with Crippen LogP contribution in [0, 0.1) is 6.92 Å². The van der Waals surface area contributed by atoms with Gasteiger partial charge in [-0.2, -0.15) is 0 Å². The van der Waals surface area contributed by atoms with E-state index in [0.29, 0.717) is 12.2 Å². The van der Waals surface area contributed by atoms with Gasteiger partial charge in [-0.1, -0.05) is 0 Å². The first kappa shape index (κ1) is 12.3. The van der Waals surface area contributed by atoms with Gasteiger partial charge in [0.15, 0.2) is 0 Å². The van der Waals surface area contributed by atoms with Crippen molar-refractivity contribution in [2.45, 2.75) is 38.8 Å². The predicted molar refractivity (Wildman–Crippen MR) is 65.9 cm³/mol. The van der Waals surface area contributed by atoms with Crippen LogP contribution in [0.5, 0.6) is 5.75 Å². The third-order valence-corrected chi connectivity index (χ3v) is 3.18. The molecule has 2 heterocycles. The lowest BCUT2D eigenvalue weighted by Gasteiger charge is -2.23. The average molecular weight is 236 g/mol. The van der Waals surface area contributed by atoms with Crippen molar-refractivity contribution < 1.29 is 9.84 Å². The summed E-state index contributed by atoms with van der Waals surface area (Å²) in [6, 6.07) is 3.49. The minimum Gasteiger partial charge on any atom is -0.506 e. The Morgan fingerprint density at radius 2 is 2.35 bits per heavy atom. The molecule has 2 rings (SSSR count). The van der Waals surface area contributed by atoms with Crippen LogP contribution in [0.4, 0.5) is 0 Å². The second kappa shape index (κ2) is 5.02. The summed E-state index contributed by atoms with van der Waals surface area (Å²) in [6.45, 7) is 6.27. The van der Waals surface area contributed by atoms with E-state index in [1.807, 2.05) is 6.92 Å². The van der Waals surface area contributed by atoms with Crippen molar-refractivity contribution in [1.82, 2.24) is 10.3 Å². The number of aromatic nitrogens is 1. The number of rotatable bonds is 4. The van der Waals surface area contributed by atoms with Crippen molar-refractivity contribution in [2.75, 3.05) is 13.2 Å². The third-order valence-electron chi connectivity index (χ3n) is 3.18. The minimum atomic E-state index is -0.0561. The molecule has 1 aromatic rings. The Hall–Kier alpha value is -1.13. The molecule has 1 unspecified atom stereocenters. The monoisotopic (exact) mass is 236 g/mol. The zero-order valence-corrected chi connectivity index (χ0v) is 10.5. The molecule has 2 N–H and O–H groups in total. The number of hydrogen-bond acceptors (Lipinski definition) is 4. The molecular formula is C13H20N2O2. The SMILES string of the molecule is Cc1ccc(O)c(CNCC2(C)CCCO2)n1. The van der Waals surface area contributed by atoms with Gasteiger partial charge in [0.25, 0.3) is 0 Å². The lowest BCUT2D eigenvalue weighted by atomic mass is 10.0. The van der Waals surface area contributed by atoms with Gasteiger partial charge >= 0.3 is 0 Å². The highest BCUT2D eigenvalue weighted by Crippen LogP contribution is 2.24. The van der Waals surface area contributed by atoms with Crippen molar-refractivity contribution in [2.24, 2.45) is 0 Å². The molecule has 0 amide bonds. The van der Waals surface area contributed by atoms with Crippen molar-refractivity contribution >= 4 is 0 Å². The van der Waals surface area contributed by atoms with E-state index in [1.54, 1.807) is 12.1 Å². The van der Waals surface area contributed by atoms with E-state index in [1.165, 1.54) is 0 Å². The van der Waals surface area contributed by atoms with Gasteiger partial charge in [-0.3, -0.25) is 4.98 Å². The van der Waals surface area contributed by atoms with Gasteiger partial charge < -0.3 is 15.2 Å². The minimum absolute atomic E-state index is 0.0561. The summed E-state index contributed by atoms with van der Waals surface area (Å²) < 4.78 is 5.69. The molecule has 0 spiro atoms. The topological polar surface area (TPSA) is 54.4 Å². The van der Waals surface area contributed by atoms with Crippen molar-refractivity contribution in [1.29, 1.82) is 0 Å². The molecule has 4 heteroatoms. The van der Waals surface area contributed by atoms with Crippen LogP contribution in [0.1, 0.15) is 31.2 Å². The Morgan fingerprint density at radius 1 is 1.53 bits per heavy atom. The van der Waals surface area contributed by atoms with Gasteiger partial charge in [0.2, 0.25) is 0 Å². The fourth-order valence-electron chi connectivity index (χ4n) is 2.15. The molecule has 1 fully saturated rings. The molecule has 1 aromatic heterocycles. The number of aryl methyl sites for hydroxylation is 1. The molecule has 17 heavy (non-hydrogen) atoms. The molecule has 0 bridgehead atoms. The maximum atomic E-state index is 9.66. The highest BCUT2D eigenvalue weighted by molar-refractivity contribution is 5.27. The molecule has 1 aliphatic heterocycles. The Balaban J connectivity index is 1.87. The molecule has 0 radical (unpaired) electrons. The molecule has 0 saturated carbocycles. The number of nitrogens with zero attached hydrogens (tertiary/aromatic N) is 1. The molecule has 1 saturated heterocycles. The number of pyridine rings is 1. The van der Waals surface area contributed by atoms with Crippen LogP contribution in [0.25, 0.3) is 0 Å². The van der Waals surface area contributed by atoms with E-state index in [-0.39, 0.29) is 11.4 Å². The van der Waals surface area contributed by atoms with Crippen molar-refractivity contribution in [3.8, 4) is 5.75 Å². The molecule has 0 aromatic carbocycles. The molecule has 1 atom stereocenters. The molecular weight excluding hydrogens is 216 g/mol. The zero-order chi connectivity index (χ0) is 12.3. The fourth-order valence-corrected chi connectivity index (χ4v) is 2.15. The van der Waals surface area contributed by atoms with Crippen molar-refractivity contribution in [3.05, 3.63) is 23.5 Å². The van der Waals surface area contributed by atoms with Crippen LogP contribution in [0.15, 0.2) is 12.1 Å². The van der Waals surface area contributed by atoms with Crippen LogP contribution < -0.4 is 5.32 Å². The quantitative estimate of drug-likeness (QED) is 0.836. The number of aromatic hydroxyl groups is 1. The summed E-state index contributed by atoms with van der Waals surface area (Å²) in [5.41, 5.74) is 1.56. The van der Waals surface area contributed by atoms with E-state index >= 15 is 0 Å². The maximum absolute atomic E-state index is 9.66. The first-order valence-corrected chi connectivity index (χ1v) is 6.09. The highest BCUT2D eigenvalue weighted by Gasteiger charge is 2.29. The number of nitrogens with one attached hydrogen (secondary N) is 1. The molecule has 0 aliphatic carbocycles. The smallest absolute Gasteiger partial charge is 0.138 e. The second-order valence-corrected chi connectivity index (χ2v) is 4.92. The van der Waals surface area contributed by atoms with E-state index in [9.17, 15) is 5.11 Å². The van der Waals surface area contributed by atoms with E-state index in [4.69, 9.17) is 4.74 Å². The number of ether oxygens (including phenoxy) is 1. The summed E-state index contributed by atoms with van der Waals surface area (Å²) in [5.74, 6) is 0.251. The van der Waals surface area contributed by atoms with Gasteiger partial charge in [-0.15, -0.1) is 0 Å². The lowest BCUT2D eigenvalue weighted by molar-refractivity contribution is 0.0206. The van der Waals surface area contributed by atoms with E-state index < -0.39 is 0 Å². The van der Waals surface area contributed by atoms with E-state index in [2.05, 4.69) is 17.2 Å². The average Bonchev–Trinajstić information content (AvgIpc) is 2.71. The van der Waals surface area contributed by atoms with Crippen LogP contribution in [-0.2, 0) is 11.3 Å². The maximum Gasteiger partial charge on any atom is 0.138 e. The molecule has 1 aliphatic rings.